The molecule has 0 fully saturated rings. The quantitative estimate of drug-likeness (QED) is 0.598. The summed E-state index contributed by atoms with van der Waals surface area (Å²) in [6.45, 7) is 3.61. The van der Waals surface area contributed by atoms with Gasteiger partial charge in [-0.25, -0.2) is 0 Å². The van der Waals surface area contributed by atoms with Crippen LogP contribution in [0.1, 0.15) is 13.8 Å². The minimum atomic E-state index is 0.173. The number of hydrogen-bond acceptors (Lipinski definition) is 2. The Kier molecular flexibility index (Phi) is 5.30. The van der Waals surface area contributed by atoms with E-state index in [-0.39, 0.29) is 5.12 Å². The van der Waals surface area contributed by atoms with Gasteiger partial charge in [-0.1, -0.05) is 18.7 Å². The molecule has 1 atom stereocenters. The Morgan fingerprint density at radius 1 is 1.78 bits per heavy atom. The lowest BCUT2D eigenvalue weighted by molar-refractivity contribution is -0.109. The number of rotatable bonds is 3. The van der Waals surface area contributed by atoms with E-state index in [9.17, 15) is 4.79 Å². The maximum absolute atomic E-state index is 10.4. The molecular weight excluding hydrogens is 156 g/mol. The Hall–Kier alpha value is 0.310. The van der Waals surface area contributed by atoms with Crippen molar-refractivity contribution < 1.29 is 4.79 Å². The number of thioether (sulfide) groups is 1. The molecule has 0 bridgehead atoms. The third-order valence-corrected chi connectivity index (χ3v) is 2.50. The van der Waals surface area contributed by atoms with Gasteiger partial charge >= 0.3 is 0 Å². The molecular formula is C6H11ClOS. The highest BCUT2D eigenvalue weighted by atomic mass is 35.5. The normalized spacial score (nSPS) is 13.2. The molecule has 1 nitrogen and oxygen atoms in total. The van der Waals surface area contributed by atoms with Crippen molar-refractivity contribution in [3.8, 4) is 0 Å². The fourth-order valence-corrected chi connectivity index (χ4v) is 1.18. The molecule has 0 saturated carbocycles. The van der Waals surface area contributed by atoms with Crippen LogP contribution in [-0.4, -0.2) is 16.7 Å². The van der Waals surface area contributed by atoms with E-state index in [2.05, 4.69) is 0 Å². The maximum atomic E-state index is 10.4. The first-order chi connectivity index (χ1) is 4.16. The molecule has 0 aliphatic heterocycles. The zero-order valence-corrected chi connectivity index (χ0v) is 7.26. The summed E-state index contributed by atoms with van der Waals surface area (Å²) in [6, 6.07) is 0. The second-order valence-electron chi connectivity index (χ2n) is 2.06. The monoisotopic (exact) mass is 166 g/mol. The van der Waals surface area contributed by atoms with Crippen molar-refractivity contribution in [2.24, 2.45) is 5.92 Å². The number of halogens is 1. The van der Waals surface area contributed by atoms with Crippen LogP contribution in [0.3, 0.4) is 0 Å². The molecule has 0 aromatic rings. The lowest BCUT2D eigenvalue weighted by atomic mass is 10.3. The van der Waals surface area contributed by atoms with Gasteiger partial charge in [-0.2, -0.15) is 0 Å². The highest BCUT2D eigenvalue weighted by Gasteiger charge is 2.01. The fourth-order valence-electron chi connectivity index (χ4n) is 0.304. The molecule has 0 aliphatic rings. The van der Waals surface area contributed by atoms with Gasteiger partial charge < -0.3 is 0 Å². The summed E-state index contributed by atoms with van der Waals surface area (Å²) in [6.07, 6.45) is 0. The van der Waals surface area contributed by atoms with Crippen LogP contribution in [0, 0.1) is 5.92 Å². The highest BCUT2D eigenvalue weighted by Crippen LogP contribution is 2.09. The molecule has 0 aliphatic carbocycles. The maximum Gasteiger partial charge on any atom is 0.185 e. The van der Waals surface area contributed by atoms with Crippen LogP contribution >= 0.6 is 23.4 Å². The molecule has 54 valence electrons. The molecule has 9 heavy (non-hydrogen) atoms. The standard InChI is InChI=1S/C6H11ClOS/c1-5(3-7)4-9-6(2)8/h5H,3-4H2,1-2H3. The molecule has 1 unspecified atom stereocenters. The molecule has 0 heterocycles. The summed E-state index contributed by atoms with van der Waals surface area (Å²) in [5, 5.41) is 0.173. The molecule has 0 saturated heterocycles. The fraction of sp³-hybridized carbons (Fsp3) is 0.833. The predicted molar refractivity (Wildman–Crippen MR) is 43.0 cm³/mol. The van der Waals surface area contributed by atoms with Gasteiger partial charge in [-0.15, -0.1) is 11.6 Å². The number of hydrogen-bond donors (Lipinski definition) is 0. The third-order valence-electron chi connectivity index (χ3n) is 0.835. The average molecular weight is 167 g/mol. The van der Waals surface area contributed by atoms with Crippen LogP contribution in [0.25, 0.3) is 0 Å². The highest BCUT2D eigenvalue weighted by molar-refractivity contribution is 8.13. The SMILES string of the molecule is CC(=O)SCC(C)CCl. The molecule has 0 spiro atoms. The first-order valence-electron chi connectivity index (χ1n) is 2.86. The third kappa shape index (κ3) is 6.19. The topological polar surface area (TPSA) is 17.1 Å². The Labute approximate surface area is 65.2 Å². The summed E-state index contributed by atoms with van der Waals surface area (Å²) in [5.41, 5.74) is 0. The first-order valence-corrected chi connectivity index (χ1v) is 4.38. The van der Waals surface area contributed by atoms with Crippen LogP contribution in [0.2, 0.25) is 0 Å². The van der Waals surface area contributed by atoms with Gasteiger partial charge in [-0.05, 0) is 5.92 Å². The Balaban J connectivity index is 3.16. The largest absolute Gasteiger partial charge is 0.288 e. The number of carbonyl (C=O) groups is 1. The van der Waals surface area contributed by atoms with E-state index < -0.39 is 0 Å². The van der Waals surface area contributed by atoms with Crippen molar-refractivity contribution in [2.45, 2.75) is 13.8 Å². The van der Waals surface area contributed by atoms with E-state index in [1.165, 1.54) is 11.8 Å². The lowest BCUT2D eigenvalue weighted by Gasteiger charge is -2.02. The van der Waals surface area contributed by atoms with Crippen molar-refractivity contribution in [3.63, 3.8) is 0 Å². The van der Waals surface area contributed by atoms with E-state index >= 15 is 0 Å². The molecule has 0 radical (unpaired) electrons. The zero-order chi connectivity index (χ0) is 7.28. The van der Waals surface area contributed by atoms with E-state index in [1.807, 2.05) is 6.92 Å². The summed E-state index contributed by atoms with van der Waals surface area (Å²) >= 11 is 6.85. The van der Waals surface area contributed by atoms with Crippen LogP contribution < -0.4 is 0 Å². The van der Waals surface area contributed by atoms with Crippen LogP contribution in [0.5, 0.6) is 0 Å². The van der Waals surface area contributed by atoms with Crippen molar-refractivity contribution in [1.82, 2.24) is 0 Å². The van der Waals surface area contributed by atoms with Gasteiger partial charge in [-0.3, -0.25) is 4.79 Å². The lowest BCUT2D eigenvalue weighted by Crippen LogP contribution is -2.00. The zero-order valence-electron chi connectivity index (χ0n) is 5.69. The predicted octanol–water partition coefficient (Wildman–Crippen LogP) is 2.14. The summed E-state index contributed by atoms with van der Waals surface area (Å²) in [4.78, 5) is 10.4. The molecule has 0 N–H and O–H groups in total. The number of carbonyl (C=O) groups excluding carboxylic acids is 1. The van der Waals surface area contributed by atoms with E-state index in [0.29, 0.717) is 11.8 Å². The Morgan fingerprint density at radius 3 is 2.67 bits per heavy atom. The van der Waals surface area contributed by atoms with Crippen molar-refractivity contribution in [2.75, 3.05) is 11.6 Å². The molecule has 0 amide bonds. The van der Waals surface area contributed by atoms with Crippen molar-refractivity contribution in [1.29, 1.82) is 0 Å². The summed E-state index contributed by atoms with van der Waals surface area (Å²) < 4.78 is 0. The first kappa shape index (κ1) is 9.31. The second-order valence-corrected chi connectivity index (χ2v) is 3.57. The van der Waals surface area contributed by atoms with Gasteiger partial charge in [0.25, 0.3) is 0 Å². The molecule has 0 aromatic carbocycles. The van der Waals surface area contributed by atoms with Gasteiger partial charge in [0.1, 0.15) is 0 Å². The van der Waals surface area contributed by atoms with Gasteiger partial charge in [0.2, 0.25) is 0 Å². The Morgan fingerprint density at radius 2 is 2.33 bits per heavy atom. The van der Waals surface area contributed by atoms with Gasteiger partial charge in [0.05, 0.1) is 0 Å². The average Bonchev–Trinajstić information content (AvgIpc) is 1.83. The van der Waals surface area contributed by atoms with Gasteiger partial charge in [0.15, 0.2) is 5.12 Å². The van der Waals surface area contributed by atoms with Crippen LogP contribution in [-0.2, 0) is 4.79 Å². The molecule has 3 heteroatoms. The van der Waals surface area contributed by atoms with E-state index in [0.717, 1.165) is 5.75 Å². The van der Waals surface area contributed by atoms with Crippen LogP contribution in [0.15, 0.2) is 0 Å². The van der Waals surface area contributed by atoms with Crippen LogP contribution in [0.4, 0.5) is 0 Å². The summed E-state index contributed by atoms with van der Waals surface area (Å²) in [5.74, 6) is 1.93. The minimum Gasteiger partial charge on any atom is -0.288 e. The minimum absolute atomic E-state index is 0.173. The smallest absolute Gasteiger partial charge is 0.185 e. The van der Waals surface area contributed by atoms with Gasteiger partial charge in [0, 0.05) is 18.6 Å². The van der Waals surface area contributed by atoms with E-state index in [1.54, 1.807) is 6.92 Å². The molecule has 0 aromatic heterocycles. The summed E-state index contributed by atoms with van der Waals surface area (Å²) in [7, 11) is 0. The second kappa shape index (κ2) is 5.12. The Bertz CT molecular complexity index is 95.1. The van der Waals surface area contributed by atoms with Crippen molar-refractivity contribution in [3.05, 3.63) is 0 Å². The molecule has 0 rings (SSSR count). The van der Waals surface area contributed by atoms with Crippen molar-refractivity contribution >= 4 is 28.5 Å². The number of alkyl halides is 1. The van der Waals surface area contributed by atoms with E-state index in [4.69, 9.17) is 11.6 Å².